The van der Waals surface area contributed by atoms with E-state index < -0.39 is 0 Å². The molecule has 2 heterocycles. The molecule has 0 aliphatic rings. The molecule has 1 N–H and O–H groups in total. The van der Waals surface area contributed by atoms with E-state index in [4.69, 9.17) is 8.94 Å². The van der Waals surface area contributed by atoms with Crippen molar-refractivity contribution in [3.8, 4) is 6.07 Å². The number of carbonyl (C=O) groups is 1. The summed E-state index contributed by atoms with van der Waals surface area (Å²) in [5.74, 6) is 1.29. The molecular weight excluding hydrogens is 344 g/mol. The Bertz CT molecular complexity index is 966. The van der Waals surface area contributed by atoms with Crippen LogP contribution in [0.3, 0.4) is 0 Å². The van der Waals surface area contributed by atoms with Crippen LogP contribution in [0.25, 0.3) is 0 Å². The van der Waals surface area contributed by atoms with Crippen LogP contribution in [0.4, 0.5) is 5.88 Å². The van der Waals surface area contributed by atoms with Crippen LogP contribution in [0.5, 0.6) is 0 Å². The number of nitrogens with zero attached hydrogens (tertiary/aromatic N) is 3. The smallest absolute Gasteiger partial charge is 0.258 e. The lowest BCUT2D eigenvalue weighted by atomic mass is 10.1. The number of nitriles is 1. The zero-order valence-corrected chi connectivity index (χ0v) is 15.4. The average Bonchev–Trinajstić information content (AvgIpc) is 3.24. The molecule has 3 aromatic rings. The number of furan rings is 1. The summed E-state index contributed by atoms with van der Waals surface area (Å²) in [6, 6.07) is 11.2. The Morgan fingerprint density at radius 3 is 2.59 bits per heavy atom. The van der Waals surface area contributed by atoms with E-state index in [9.17, 15) is 10.1 Å². The third kappa shape index (κ3) is 4.25. The van der Waals surface area contributed by atoms with E-state index in [0.29, 0.717) is 30.0 Å². The number of carbonyl (C=O) groups excluding carboxylic acids is 1. The number of amides is 1. The number of hydrogen-bond donors (Lipinski definition) is 1. The largest absolute Gasteiger partial charge is 0.444 e. The van der Waals surface area contributed by atoms with E-state index in [1.807, 2.05) is 25.2 Å². The van der Waals surface area contributed by atoms with Crippen molar-refractivity contribution in [2.24, 2.45) is 0 Å². The van der Waals surface area contributed by atoms with Crippen LogP contribution in [0, 0.1) is 25.2 Å². The number of benzene rings is 1. The molecular formula is C20H20N4O3. The summed E-state index contributed by atoms with van der Waals surface area (Å²) in [5, 5.41) is 15.6. The zero-order chi connectivity index (χ0) is 19.4. The maximum absolute atomic E-state index is 12.4. The van der Waals surface area contributed by atoms with Crippen molar-refractivity contribution in [2.45, 2.75) is 26.9 Å². The van der Waals surface area contributed by atoms with E-state index >= 15 is 0 Å². The van der Waals surface area contributed by atoms with Gasteiger partial charge in [-0.1, -0.05) is 17.3 Å². The Morgan fingerprint density at radius 1 is 1.22 bits per heavy atom. The minimum absolute atomic E-state index is 0.188. The second kappa shape index (κ2) is 7.89. The maximum Gasteiger partial charge on any atom is 0.258 e. The third-order valence-corrected chi connectivity index (χ3v) is 4.31. The lowest BCUT2D eigenvalue weighted by Gasteiger charge is -2.15. The number of nitrogens with one attached hydrogen (secondary N) is 1. The Kier molecular flexibility index (Phi) is 5.38. The van der Waals surface area contributed by atoms with Crippen molar-refractivity contribution in [2.75, 3.05) is 12.4 Å². The highest BCUT2D eigenvalue weighted by atomic mass is 16.5. The molecule has 0 saturated heterocycles. The molecule has 0 saturated carbocycles. The van der Waals surface area contributed by atoms with Gasteiger partial charge >= 0.3 is 0 Å². The van der Waals surface area contributed by atoms with E-state index in [1.54, 1.807) is 32.2 Å². The predicted molar refractivity (Wildman–Crippen MR) is 99.0 cm³/mol. The Hall–Kier alpha value is -3.37. The highest BCUT2D eigenvalue weighted by Gasteiger charge is 2.17. The van der Waals surface area contributed by atoms with Gasteiger partial charge in [-0.2, -0.15) is 5.26 Å². The van der Waals surface area contributed by atoms with E-state index in [0.717, 1.165) is 16.9 Å². The summed E-state index contributed by atoms with van der Waals surface area (Å²) < 4.78 is 10.6. The molecule has 0 aliphatic heterocycles. The van der Waals surface area contributed by atoms with E-state index in [2.05, 4.69) is 21.4 Å². The van der Waals surface area contributed by atoms with Gasteiger partial charge in [0.2, 0.25) is 5.88 Å². The van der Waals surface area contributed by atoms with Crippen LogP contribution in [-0.2, 0) is 13.1 Å². The molecule has 0 atom stereocenters. The molecule has 2 aromatic heterocycles. The van der Waals surface area contributed by atoms with Crippen molar-refractivity contribution in [3.63, 3.8) is 0 Å². The van der Waals surface area contributed by atoms with Crippen LogP contribution in [0.1, 0.15) is 38.6 Å². The van der Waals surface area contributed by atoms with Crippen LogP contribution in [-0.4, -0.2) is 23.0 Å². The van der Waals surface area contributed by atoms with Gasteiger partial charge in [0.15, 0.2) is 5.76 Å². The molecule has 3 rings (SSSR count). The van der Waals surface area contributed by atoms with Gasteiger partial charge in [0.05, 0.1) is 12.7 Å². The zero-order valence-electron chi connectivity index (χ0n) is 15.4. The number of rotatable bonds is 6. The Labute approximate surface area is 157 Å². The van der Waals surface area contributed by atoms with Crippen molar-refractivity contribution >= 4 is 11.8 Å². The molecule has 0 aliphatic carbocycles. The van der Waals surface area contributed by atoms with Crippen molar-refractivity contribution in [1.82, 2.24) is 10.1 Å². The van der Waals surface area contributed by atoms with E-state index in [1.165, 1.54) is 0 Å². The standard InChI is InChI=1S/C20H20N4O3/c1-13-14(2)26-20(18(13)10-21)23-19(25)16-6-4-15(5-7-16)11-24(3)12-17-8-9-22-27-17/h4-9H,11-12H2,1-3H3,(H,23,25). The predicted octanol–water partition coefficient (Wildman–Crippen LogP) is 3.64. The lowest BCUT2D eigenvalue weighted by Crippen LogP contribution is -2.17. The monoisotopic (exact) mass is 364 g/mol. The third-order valence-electron chi connectivity index (χ3n) is 4.31. The van der Waals surface area contributed by atoms with Crippen molar-refractivity contribution in [1.29, 1.82) is 5.26 Å². The van der Waals surface area contributed by atoms with Crippen molar-refractivity contribution in [3.05, 3.63) is 70.3 Å². The highest BCUT2D eigenvalue weighted by Crippen LogP contribution is 2.25. The first-order valence-electron chi connectivity index (χ1n) is 8.46. The summed E-state index contributed by atoms with van der Waals surface area (Å²) in [6.45, 7) is 4.90. The molecule has 0 radical (unpaired) electrons. The van der Waals surface area contributed by atoms with Crippen LogP contribution >= 0.6 is 0 Å². The molecule has 1 amide bonds. The summed E-state index contributed by atoms with van der Waals surface area (Å²) >= 11 is 0. The average molecular weight is 364 g/mol. The number of aromatic nitrogens is 1. The molecule has 27 heavy (non-hydrogen) atoms. The van der Waals surface area contributed by atoms with Gasteiger partial charge in [0.1, 0.15) is 17.4 Å². The number of anilines is 1. The van der Waals surface area contributed by atoms with Crippen LogP contribution < -0.4 is 5.32 Å². The Balaban J connectivity index is 1.64. The fourth-order valence-corrected chi connectivity index (χ4v) is 2.74. The minimum Gasteiger partial charge on any atom is -0.444 e. The van der Waals surface area contributed by atoms with Gasteiger partial charge in [-0.25, -0.2) is 0 Å². The molecule has 0 fully saturated rings. The number of aryl methyl sites for hydroxylation is 1. The van der Waals surface area contributed by atoms with E-state index in [-0.39, 0.29) is 11.8 Å². The van der Waals surface area contributed by atoms with Gasteiger partial charge in [-0.15, -0.1) is 0 Å². The van der Waals surface area contributed by atoms with Gasteiger partial charge in [0.25, 0.3) is 5.91 Å². The summed E-state index contributed by atoms with van der Waals surface area (Å²) in [5.41, 5.74) is 2.65. The first-order chi connectivity index (χ1) is 13.0. The van der Waals surface area contributed by atoms with Gasteiger partial charge < -0.3 is 8.94 Å². The summed E-state index contributed by atoms with van der Waals surface area (Å²) in [6.07, 6.45) is 1.62. The SMILES string of the molecule is Cc1oc(NC(=O)c2ccc(CN(C)Cc3ccno3)cc2)c(C#N)c1C. The lowest BCUT2D eigenvalue weighted by molar-refractivity contribution is 0.102. The molecule has 0 bridgehead atoms. The molecule has 7 nitrogen and oxygen atoms in total. The quantitative estimate of drug-likeness (QED) is 0.717. The minimum atomic E-state index is -0.318. The molecule has 138 valence electrons. The fourth-order valence-electron chi connectivity index (χ4n) is 2.74. The van der Waals surface area contributed by atoms with Crippen LogP contribution in [0.15, 0.2) is 45.5 Å². The summed E-state index contributed by atoms with van der Waals surface area (Å²) in [4.78, 5) is 14.5. The first kappa shape index (κ1) is 18.4. The normalized spacial score (nSPS) is 10.8. The molecule has 0 unspecified atom stereocenters. The fraction of sp³-hybridized carbons (Fsp3) is 0.250. The molecule has 7 heteroatoms. The van der Waals surface area contributed by atoms with Crippen molar-refractivity contribution < 1.29 is 13.7 Å². The second-order valence-electron chi connectivity index (χ2n) is 6.40. The number of hydrogen-bond acceptors (Lipinski definition) is 6. The van der Waals surface area contributed by atoms with Gasteiger partial charge in [0, 0.05) is 23.7 Å². The molecule has 1 aromatic carbocycles. The molecule has 0 spiro atoms. The Morgan fingerprint density at radius 2 is 1.96 bits per heavy atom. The maximum atomic E-state index is 12.4. The first-order valence-corrected chi connectivity index (χ1v) is 8.46. The van der Waals surface area contributed by atoms with Crippen LogP contribution in [0.2, 0.25) is 0 Å². The summed E-state index contributed by atoms with van der Waals surface area (Å²) in [7, 11) is 1.98. The van der Waals surface area contributed by atoms with Gasteiger partial charge in [-0.3, -0.25) is 15.0 Å². The highest BCUT2D eigenvalue weighted by molar-refractivity contribution is 6.04. The topological polar surface area (TPSA) is 95.3 Å². The second-order valence-corrected chi connectivity index (χ2v) is 6.40. The van der Waals surface area contributed by atoms with Gasteiger partial charge in [-0.05, 0) is 38.6 Å².